The van der Waals surface area contributed by atoms with E-state index in [1.807, 2.05) is 0 Å². The first-order valence-corrected chi connectivity index (χ1v) is 8.09. The molecule has 3 unspecified atom stereocenters. The minimum Gasteiger partial charge on any atom is -0.392 e. The summed E-state index contributed by atoms with van der Waals surface area (Å²) in [6.45, 7) is 3.89. The van der Waals surface area contributed by atoms with Crippen LogP contribution < -0.4 is 4.72 Å². The van der Waals surface area contributed by atoms with E-state index in [0.717, 1.165) is 19.3 Å². The van der Waals surface area contributed by atoms with Crippen molar-refractivity contribution < 1.29 is 13.5 Å². The highest BCUT2D eigenvalue weighted by Crippen LogP contribution is 2.30. The molecule has 108 valence electrons. The van der Waals surface area contributed by atoms with Crippen LogP contribution in [0.5, 0.6) is 0 Å². The normalized spacial score (nSPS) is 28.5. The number of rotatable bonds is 4. The van der Waals surface area contributed by atoms with Crippen LogP contribution >= 0.6 is 0 Å². The van der Waals surface area contributed by atoms with E-state index in [-0.39, 0.29) is 17.7 Å². The third kappa shape index (κ3) is 2.98. The lowest BCUT2D eigenvalue weighted by Gasteiger charge is -2.34. The van der Waals surface area contributed by atoms with Crippen molar-refractivity contribution >= 4 is 10.0 Å². The molecule has 0 amide bonds. The SMILES string of the molecule is CC1CCCC(NS(=O)(=O)c2[nH]ncc2CO)C1C. The molecule has 1 saturated carbocycles. The number of sulfonamides is 1. The molecule has 2 rings (SSSR count). The lowest BCUT2D eigenvalue weighted by Crippen LogP contribution is -2.43. The largest absolute Gasteiger partial charge is 0.392 e. The van der Waals surface area contributed by atoms with Crippen LogP contribution in [-0.2, 0) is 16.6 Å². The van der Waals surface area contributed by atoms with Crippen molar-refractivity contribution in [2.45, 2.75) is 50.8 Å². The number of H-pyrrole nitrogens is 1. The van der Waals surface area contributed by atoms with E-state index < -0.39 is 10.0 Å². The summed E-state index contributed by atoms with van der Waals surface area (Å²) in [6, 6.07) is -0.0522. The Kier molecular flexibility index (Phi) is 4.27. The monoisotopic (exact) mass is 287 g/mol. The van der Waals surface area contributed by atoms with Gasteiger partial charge in [0.05, 0.1) is 12.8 Å². The summed E-state index contributed by atoms with van der Waals surface area (Å²) >= 11 is 0. The maximum Gasteiger partial charge on any atom is 0.258 e. The number of aromatic nitrogens is 2. The quantitative estimate of drug-likeness (QED) is 0.770. The third-order valence-corrected chi connectivity index (χ3v) is 5.63. The molecule has 7 heteroatoms. The van der Waals surface area contributed by atoms with Gasteiger partial charge in [-0.15, -0.1) is 0 Å². The number of hydrogen-bond donors (Lipinski definition) is 3. The van der Waals surface area contributed by atoms with Gasteiger partial charge in [-0.2, -0.15) is 5.10 Å². The molecule has 1 aliphatic rings. The maximum absolute atomic E-state index is 12.3. The fourth-order valence-electron chi connectivity index (χ4n) is 2.65. The summed E-state index contributed by atoms with van der Waals surface area (Å²) in [5, 5.41) is 15.2. The van der Waals surface area contributed by atoms with Gasteiger partial charge in [-0.3, -0.25) is 5.10 Å². The van der Waals surface area contributed by atoms with Crippen LogP contribution in [0.4, 0.5) is 0 Å². The van der Waals surface area contributed by atoms with Gasteiger partial charge in [-0.05, 0) is 18.3 Å². The first kappa shape index (κ1) is 14.5. The molecule has 19 heavy (non-hydrogen) atoms. The maximum atomic E-state index is 12.3. The number of nitrogens with zero attached hydrogens (tertiary/aromatic N) is 1. The fraction of sp³-hybridized carbons (Fsp3) is 0.750. The van der Waals surface area contributed by atoms with Crippen molar-refractivity contribution in [1.29, 1.82) is 0 Å². The Morgan fingerprint density at radius 3 is 2.89 bits per heavy atom. The molecule has 1 heterocycles. The van der Waals surface area contributed by atoms with Gasteiger partial charge in [0.25, 0.3) is 10.0 Å². The smallest absolute Gasteiger partial charge is 0.258 e. The molecule has 0 aromatic carbocycles. The molecule has 1 aliphatic carbocycles. The summed E-state index contributed by atoms with van der Waals surface area (Å²) < 4.78 is 27.3. The second kappa shape index (κ2) is 5.60. The van der Waals surface area contributed by atoms with Crippen LogP contribution in [0.1, 0.15) is 38.7 Å². The third-order valence-electron chi connectivity index (χ3n) is 4.13. The van der Waals surface area contributed by atoms with Crippen LogP contribution in [0.25, 0.3) is 0 Å². The molecule has 0 spiro atoms. The zero-order valence-electron chi connectivity index (χ0n) is 11.3. The Hall–Kier alpha value is -0.920. The molecule has 6 nitrogen and oxygen atoms in total. The van der Waals surface area contributed by atoms with E-state index in [9.17, 15) is 8.42 Å². The molecular weight excluding hydrogens is 266 g/mol. The highest BCUT2D eigenvalue weighted by Gasteiger charge is 2.32. The summed E-state index contributed by atoms with van der Waals surface area (Å²) in [4.78, 5) is 0. The van der Waals surface area contributed by atoms with Gasteiger partial charge in [0.1, 0.15) is 0 Å². The van der Waals surface area contributed by atoms with Gasteiger partial charge >= 0.3 is 0 Å². The second-order valence-corrected chi connectivity index (χ2v) is 7.03. The molecule has 1 aromatic heterocycles. The number of hydrogen-bond acceptors (Lipinski definition) is 4. The Labute approximate surface area is 113 Å². The zero-order chi connectivity index (χ0) is 14.0. The van der Waals surface area contributed by atoms with Gasteiger partial charge in [-0.1, -0.05) is 26.7 Å². The van der Waals surface area contributed by atoms with Crippen molar-refractivity contribution in [2.75, 3.05) is 0 Å². The molecule has 3 N–H and O–H groups in total. The predicted octanol–water partition coefficient (Wildman–Crippen LogP) is 1.00. The Balaban J connectivity index is 2.17. The molecule has 0 saturated heterocycles. The number of aromatic amines is 1. The fourth-order valence-corrected chi connectivity index (χ4v) is 4.14. The van der Waals surface area contributed by atoms with E-state index in [1.54, 1.807) is 0 Å². The first-order chi connectivity index (χ1) is 8.95. The van der Waals surface area contributed by atoms with Crippen LogP contribution in [-0.4, -0.2) is 29.8 Å². The molecule has 1 fully saturated rings. The van der Waals surface area contributed by atoms with Crippen molar-refractivity contribution in [3.05, 3.63) is 11.8 Å². The van der Waals surface area contributed by atoms with Gasteiger partial charge in [-0.25, -0.2) is 13.1 Å². The van der Waals surface area contributed by atoms with E-state index in [1.165, 1.54) is 6.20 Å². The number of aliphatic hydroxyl groups is 1. The summed E-state index contributed by atoms with van der Waals surface area (Å²) in [6.07, 6.45) is 4.37. The molecular formula is C12H21N3O3S. The van der Waals surface area contributed by atoms with Gasteiger partial charge in [0.2, 0.25) is 0 Å². The highest BCUT2D eigenvalue weighted by atomic mass is 32.2. The zero-order valence-corrected chi connectivity index (χ0v) is 12.1. The van der Waals surface area contributed by atoms with Crippen LogP contribution in [0.15, 0.2) is 11.2 Å². The van der Waals surface area contributed by atoms with E-state index >= 15 is 0 Å². The van der Waals surface area contributed by atoms with Gasteiger partial charge in [0, 0.05) is 11.6 Å². The van der Waals surface area contributed by atoms with Gasteiger partial charge < -0.3 is 5.11 Å². The minimum absolute atomic E-state index is 0.0274. The average molecular weight is 287 g/mol. The van der Waals surface area contributed by atoms with Crippen molar-refractivity contribution in [3.8, 4) is 0 Å². The Morgan fingerprint density at radius 2 is 2.21 bits per heavy atom. The van der Waals surface area contributed by atoms with Crippen LogP contribution in [0, 0.1) is 11.8 Å². The highest BCUT2D eigenvalue weighted by molar-refractivity contribution is 7.89. The van der Waals surface area contributed by atoms with E-state index in [4.69, 9.17) is 5.11 Å². The Bertz CT molecular complexity index is 526. The van der Waals surface area contributed by atoms with Crippen molar-refractivity contribution in [2.24, 2.45) is 11.8 Å². The molecule has 1 aromatic rings. The minimum atomic E-state index is -3.64. The van der Waals surface area contributed by atoms with E-state index in [2.05, 4.69) is 28.8 Å². The lowest BCUT2D eigenvalue weighted by atomic mass is 9.78. The van der Waals surface area contributed by atoms with Crippen LogP contribution in [0.2, 0.25) is 0 Å². The van der Waals surface area contributed by atoms with Crippen molar-refractivity contribution in [3.63, 3.8) is 0 Å². The first-order valence-electron chi connectivity index (χ1n) is 6.61. The number of aliphatic hydroxyl groups excluding tert-OH is 1. The predicted molar refractivity (Wildman–Crippen MR) is 70.8 cm³/mol. The van der Waals surface area contributed by atoms with Gasteiger partial charge in [0.15, 0.2) is 5.03 Å². The van der Waals surface area contributed by atoms with Crippen molar-refractivity contribution in [1.82, 2.24) is 14.9 Å². The molecule has 0 radical (unpaired) electrons. The molecule has 0 aliphatic heterocycles. The Morgan fingerprint density at radius 1 is 1.47 bits per heavy atom. The average Bonchev–Trinajstić information content (AvgIpc) is 2.84. The molecule has 0 bridgehead atoms. The lowest BCUT2D eigenvalue weighted by molar-refractivity contribution is 0.226. The van der Waals surface area contributed by atoms with Crippen LogP contribution in [0.3, 0.4) is 0 Å². The number of nitrogens with one attached hydrogen (secondary N) is 2. The topological polar surface area (TPSA) is 95.1 Å². The van der Waals surface area contributed by atoms with E-state index in [0.29, 0.717) is 17.4 Å². The standard InChI is InChI=1S/C12H21N3O3S/c1-8-4-3-5-11(9(8)2)15-19(17,18)12-10(7-16)6-13-14-12/h6,8-9,11,15-16H,3-5,7H2,1-2H3,(H,13,14). The molecule has 3 atom stereocenters. The summed E-state index contributed by atoms with van der Waals surface area (Å²) in [5.41, 5.74) is 0.295. The summed E-state index contributed by atoms with van der Waals surface area (Å²) in [5.74, 6) is 0.824. The summed E-state index contributed by atoms with van der Waals surface area (Å²) in [7, 11) is -3.64. The second-order valence-electron chi connectivity index (χ2n) is 5.38.